The van der Waals surface area contributed by atoms with E-state index in [9.17, 15) is 4.79 Å². The predicted molar refractivity (Wildman–Crippen MR) is 82.3 cm³/mol. The molecule has 100 valence electrons. The lowest BCUT2D eigenvalue weighted by Gasteiger charge is -2.16. The van der Waals surface area contributed by atoms with E-state index in [-0.39, 0.29) is 5.91 Å². The third-order valence-corrected chi connectivity index (χ3v) is 4.13. The van der Waals surface area contributed by atoms with Gasteiger partial charge in [-0.25, -0.2) is 0 Å². The van der Waals surface area contributed by atoms with Crippen LogP contribution in [0.3, 0.4) is 0 Å². The van der Waals surface area contributed by atoms with Gasteiger partial charge in [-0.2, -0.15) is 0 Å². The minimum absolute atomic E-state index is 0.0192. The molecule has 0 saturated carbocycles. The van der Waals surface area contributed by atoms with Crippen molar-refractivity contribution in [1.29, 1.82) is 0 Å². The number of anilines is 1. The molecule has 2 rings (SSSR count). The van der Waals surface area contributed by atoms with E-state index < -0.39 is 0 Å². The van der Waals surface area contributed by atoms with Crippen LogP contribution in [0, 0.1) is 13.8 Å². The van der Waals surface area contributed by atoms with E-state index in [1.54, 1.807) is 0 Å². The first-order chi connectivity index (χ1) is 8.99. The molecule has 1 aromatic carbocycles. The maximum Gasteiger partial charge on any atom is 0.265 e. The molecule has 0 bridgehead atoms. The van der Waals surface area contributed by atoms with Gasteiger partial charge < -0.3 is 5.32 Å². The van der Waals surface area contributed by atoms with Crippen LogP contribution in [0.5, 0.6) is 0 Å². The lowest BCUT2D eigenvalue weighted by Crippen LogP contribution is -2.13. The zero-order valence-electron chi connectivity index (χ0n) is 11.8. The number of aryl methyl sites for hydroxylation is 2. The summed E-state index contributed by atoms with van der Waals surface area (Å²) in [6.45, 7) is 8.31. The largest absolute Gasteiger partial charge is 0.321 e. The standard InChI is InChI=1S/C16H19NOS/c1-10(2)13-7-5-6-11(3)15(13)17-16(18)14-9-8-12(4)19-14/h5-10H,1-4H3,(H,17,18). The average molecular weight is 273 g/mol. The van der Waals surface area contributed by atoms with Gasteiger partial charge in [0, 0.05) is 10.6 Å². The molecular weight excluding hydrogens is 254 g/mol. The van der Waals surface area contributed by atoms with Gasteiger partial charge in [-0.05, 0) is 43.0 Å². The molecule has 0 spiro atoms. The highest BCUT2D eigenvalue weighted by atomic mass is 32.1. The molecule has 2 aromatic rings. The number of hydrogen-bond donors (Lipinski definition) is 1. The van der Waals surface area contributed by atoms with E-state index in [1.807, 2.05) is 38.1 Å². The molecule has 0 saturated heterocycles. The second-order valence-electron chi connectivity index (χ2n) is 5.06. The smallest absolute Gasteiger partial charge is 0.265 e. The first kappa shape index (κ1) is 13.8. The van der Waals surface area contributed by atoms with Crippen LogP contribution in [0.15, 0.2) is 30.3 Å². The Balaban J connectivity index is 2.31. The molecule has 1 heterocycles. The zero-order valence-corrected chi connectivity index (χ0v) is 12.6. The number of rotatable bonds is 3. The van der Waals surface area contributed by atoms with Gasteiger partial charge in [0.2, 0.25) is 0 Å². The minimum atomic E-state index is -0.0192. The molecule has 1 amide bonds. The van der Waals surface area contributed by atoms with E-state index in [2.05, 4.69) is 25.2 Å². The molecule has 19 heavy (non-hydrogen) atoms. The van der Waals surface area contributed by atoms with Gasteiger partial charge in [-0.1, -0.05) is 32.0 Å². The molecule has 0 aliphatic carbocycles. The van der Waals surface area contributed by atoms with Crippen molar-refractivity contribution in [2.24, 2.45) is 0 Å². The number of carbonyl (C=O) groups excluding carboxylic acids is 1. The molecule has 2 nitrogen and oxygen atoms in total. The van der Waals surface area contributed by atoms with Crippen molar-refractivity contribution < 1.29 is 4.79 Å². The van der Waals surface area contributed by atoms with Gasteiger partial charge in [-0.15, -0.1) is 11.3 Å². The molecule has 0 unspecified atom stereocenters. The number of nitrogens with one attached hydrogen (secondary N) is 1. The summed E-state index contributed by atoms with van der Waals surface area (Å²) in [5.74, 6) is 0.370. The first-order valence-corrected chi connectivity index (χ1v) is 7.28. The molecule has 0 atom stereocenters. The predicted octanol–water partition coefficient (Wildman–Crippen LogP) is 4.74. The van der Waals surface area contributed by atoms with Gasteiger partial charge in [-0.3, -0.25) is 4.79 Å². The monoisotopic (exact) mass is 273 g/mol. The van der Waals surface area contributed by atoms with Crippen LogP contribution in [-0.2, 0) is 0 Å². The average Bonchev–Trinajstić information content (AvgIpc) is 2.78. The number of carbonyl (C=O) groups is 1. The Bertz CT molecular complexity index is 599. The second-order valence-corrected chi connectivity index (χ2v) is 6.35. The quantitative estimate of drug-likeness (QED) is 0.859. The first-order valence-electron chi connectivity index (χ1n) is 6.46. The molecule has 1 aromatic heterocycles. The van der Waals surface area contributed by atoms with Gasteiger partial charge in [0.25, 0.3) is 5.91 Å². The molecular formula is C16H19NOS. The van der Waals surface area contributed by atoms with Crippen molar-refractivity contribution in [3.05, 3.63) is 51.2 Å². The molecule has 1 N–H and O–H groups in total. The molecule has 0 radical (unpaired) electrons. The highest BCUT2D eigenvalue weighted by molar-refractivity contribution is 7.14. The minimum Gasteiger partial charge on any atom is -0.321 e. The maximum absolute atomic E-state index is 12.3. The molecule has 3 heteroatoms. The van der Waals surface area contributed by atoms with Crippen LogP contribution in [0.25, 0.3) is 0 Å². The molecule has 0 fully saturated rings. The van der Waals surface area contributed by atoms with E-state index in [4.69, 9.17) is 0 Å². The van der Waals surface area contributed by atoms with E-state index >= 15 is 0 Å². The third kappa shape index (κ3) is 3.04. The molecule has 0 aliphatic heterocycles. The Kier molecular flexibility index (Phi) is 4.05. The summed E-state index contributed by atoms with van der Waals surface area (Å²) in [7, 11) is 0. The van der Waals surface area contributed by atoms with Crippen molar-refractivity contribution in [2.75, 3.05) is 5.32 Å². The summed E-state index contributed by atoms with van der Waals surface area (Å²) in [5, 5.41) is 3.06. The Morgan fingerprint density at radius 3 is 2.47 bits per heavy atom. The Morgan fingerprint density at radius 1 is 1.16 bits per heavy atom. The lowest BCUT2D eigenvalue weighted by atomic mass is 9.98. The summed E-state index contributed by atoms with van der Waals surface area (Å²) in [5.41, 5.74) is 3.24. The topological polar surface area (TPSA) is 29.1 Å². The highest BCUT2D eigenvalue weighted by Gasteiger charge is 2.14. The summed E-state index contributed by atoms with van der Waals surface area (Å²) in [6.07, 6.45) is 0. The fourth-order valence-corrected chi connectivity index (χ4v) is 2.84. The molecule has 0 aliphatic rings. The van der Waals surface area contributed by atoms with Crippen molar-refractivity contribution in [2.45, 2.75) is 33.6 Å². The van der Waals surface area contributed by atoms with Gasteiger partial charge in [0.05, 0.1) is 4.88 Å². The van der Waals surface area contributed by atoms with Crippen LogP contribution in [0.1, 0.15) is 45.4 Å². The van der Waals surface area contributed by atoms with Crippen LogP contribution in [0.2, 0.25) is 0 Å². The number of thiophene rings is 1. The Morgan fingerprint density at radius 2 is 1.89 bits per heavy atom. The second kappa shape index (κ2) is 5.57. The highest BCUT2D eigenvalue weighted by Crippen LogP contribution is 2.28. The van der Waals surface area contributed by atoms with Crippen LogP contribution >= 0.6 is 11.3 Å². The Hall–Kier alpha value is -1.61. The van der Waals surface area contributed by atoms with Gasteiger partial charge in [0.15, 0.2) is 0 Å². The fraction of sp³-hybridized carbons (Fsp3) is 0.312. The third-order valence-electron chi connectivity index (χ3n) is 3.13. The van der Waals surface area contributed by atoms with Gasteiger partial charge in [0.1, 0.15) is 0 Å². The SMILES string of the molecule is Cc1ccc(C(=O)Nc2c(C)cccc2C(C)C)s1. The summed E-state index contributed by atoms with van der Waals surface area (Å²) in [6, 6.07) is 9.99. The number of amides is 1. The van der Waals surface area contributed by atoms with Crippen molar-refractivity contribution in [3.8, 4) is 0 Å². The Labute approximate surface area is 118 Å². The normalized spacial score (nSPS) is 10.8. The van der Waals surface area contributed by atoms with Crippen molar-refractivity contribution in [1.82, 2.24) is 0 Å². The maximum atomic E-state index is 12.3. The van der Waals surface area contributed by atoms with Crippen LogP contribution < -0.4 is 5.32 Å². The van der Waals surface area contributed by atoms with E-state index in [0.717, 1.165) is 21.0 Å². The van der Waals surface area contributed by atoms with Crippen molar-refractivity contribution >= 4 is 22.9 Å². The number of hydrogen-bond acceptors (Lipinski definition) is 2. The summed E-state index contributed by atoms with van der Waals surface area (Å²) >= 11 is 1.52. The lowest BCUT2D eigenvalue weighted by molar-refractivity contribution is 0.103. The number of benzene rings is 1. The zero-order chi connectivity index (χ0) is 14.0. The van der Waals surface area contributed by atoms with Crippen LogP contribution in [-0.4, -0.2) is 5.91 Å². The van der Waals surface area contributed by atoms with Crippen molar-refractivity contribution in [3.63, 3.8) is 0 Å². The van der Waals surface area contributed by atoms with Crippen LogP contribution in [0.4, 0.5) is 5.69 Å². The summed E-state index contributed by atoms with van der Waals surface area (Å²) < 4.78 is 0. The number of para-hydroxylation sites is 1. The van der Waals surface area contributed by atoms with E-state index in [0.29, 0.717) is 5.92 Å². The van der Waals surface area contributed by atoms with Gasteiger partial charge >= 0.3 is 0 Å². The van der Waals surface area contributed by atoms with E-state index in [1.165, 1.54) is 16.9 Å². The summed E-state index contributed by atoms with van der Waals surface area (Å²) in [4.78, 5) is 14.2. The fourth-order valence-electron chi connectivity index (χ4n) is 2.07.